The lowest BCUT2D eigenvalue weighted by atomic mass is 10.0. The summed E-state index contributed by atoms with van der Waals surface area (Å²) in [5, 5.41) is 11.7. The summed E-state index contributed by atoms with van der Waals surface area (Å²) in [6.07, 6.45) is 3.16. The maximum absolute atomic E-state index is 11.8. The van der Waals surface area contributed by atoms with Gasteiger partial charge < -0.3 is 20.9 Å². The van der Waals surface area contributed by atoms with Crippen molar-refractivity contribution in [1.82, 2.24) is 20.9 Å². The molecule has 1 fully saturated rings. The highest BCUT2D eigenvalue weighted by atomic mass is 127. The van der Waals surface area contributed by atoms with E-state index in [2.05, 4.69) is 39.7 Å². The molecule has 1 aromatic rings. The predicted molar refractivity (Wildman–Crippen MR) is 121 cm³/mol. The molecule has 0 atom stereocenters. The van der Waals surface area contributed by atoms with E-state index in [4.69, 9.17) is 0 Å². The second kappa shape index (κ2) is 12.5. The standard InChI is InChI=1S/C18H31N5OS.HI/c1-14(2)23-11-7-15(8-12-23)22-18(19-3)21-10-5-9-20-17(24)16-6-4-13-25-16;/h4,6,13-15H,5,7-12H2,1-3H3,(H,20,24)(H2,19,21,22);1H. The van der Waals surface area contributed by atoms with Crippen LogP contribution in [0.25, 0.3) is 0 Å². The molecule has 0 unspecified atom stereocenters. The van der Waals surface area contributed by atoms with Gasteiger partial charge in [0.2, 0.25) is 0 Å². The summed E-state index contributed by atoms with van der Waals surface area (Å²) >= 11 is 1.46. The number of halogens is 1. The van der Waals surface area contributed by atoms with E-state index < -0.39 is 0 Å². The molecule has 26 heavy (non-hydrogen) atoms. The Bertz CT molecular complexity index is 542. The van der Waals surface area contributed by atoms with Gasteiger partial charge in [-0.25, -0.2) is 0 Å². The van der Waals surface area contributed by atoms with Gasteiger partial charge >= 0.3 is 0 Å². The van der Waals surface area contributed by atoms with Gasteiger partial charge in [-0.2, -0.15) is 0 Å². The van der Waals surface area contributed by atoms with Crippen molar-refractivity contribution < 1.29 is 4.79 Å². The third-order valence-electron chi connectivity index (χ3n) is 4.50. The normalized spacial score (nSPS) is 16.2. The fourth-order valence-electron chi connectivity index (χ4n) is 2.94. The van der Waals surface area contributed by atoms with Crippen LogP contribution in [0.2, 0.25) is 0 Å². The number of thiophene rings is 1. The smallest absolute Gasteiger partial charge is 0.261 e. The highest BCUT2D eigenvalue weighted by molar-refractivity contribution is 14.0. The summed E-state index contributed by atoms with van der Waals surface area (Å²) in [7, 11) is 1.80. The zero-order chi connectivity index (χ0) is 18.1. The van der Waals surface area contributed by atoms with Crippen LogP contribution >= 0.6 is 35.3 Å². The molecule has 1 aromatic heterocycles. The van der Waals surface area contributed by atoms with Crippen molar-refractivity contribution in [3.05, 3.63) is 22.4 Å². The van der Waals surface area contributed by atoms with E-state index in [1.54, 1.807) is 7.05 Å². The molecule has 3 N–H and O–H groups in total. The highest BCUT2D eigenvalue weighted by Crippen LogP contribution is 2.12. The predicted octanol–water partition coefficient (Wildman–Crippen LogP) is 2.52. The van der Waals surface area contributed by atoms with Gasteiger partial charge in [0, 0.05) is 45.3 Å². The van der Waals surface area contributed by atoms with Crippen molar-refractivity contribution in [2.75, 3.05) is 33.2 Å². The molecule has 1 amide bonds. The van der Waals surface area contributed by atoms with Crippen molar-refractivity contribution in [2.45, 2.75) is 45.2 Å². The van der Waals surface area contributed by atoms with Crippen molar-refractivity contribution in [3.8, 4) is 0 Å². The number of guanidine groups is 1. The Kier molecular flexibility index (Phi) is 11.1. The SMILES string of the molecule is CN=C(NCCCNC(=O)c1cccs1)NC1CCN(C(C)C)CC1.I. The molecule has 0 bridgehead atoms. The van der Waals surface area contributed by atoms with E-state index in [9.17, 15) is 4.79 Å². The molecule has 0 aliphatic carbocycles. The number of amides is 1. The number of nitrogens with one attached hydrogen (secondary N) is 3. The van der Waals surface area contributed by atoms with Crippen molar-refractivity contribution in [3.63, 3.8) is 0 Å². The summed E-state index contributed by atoms with van der Waals surface area (Å²) < 4.78 is 0. The van der Waals surface area contributed by atoms with Crippen molar-refractivity contribution in [1.29, 1.82) is 0 Å². The number of piperidine rings is 1. The van der Waals surface area contributed by atoms with Gasteiger partial charge in [0.05, 0.1) is 4.88 Å². The zero-order valence-electron chi connectivity index (χ0n) is 16.0. The zero-order valence-corrected chi connectivity index (χ0v) is 19.1. The molecular weight excluding hydrogens is 461 g/mol. The summed E-state index contributed by atoms with van der Waals surface area (Å²) in [5.74, 6) is 0.863. The summed E-state index contributed by atoms with van der Waals surface area (Å²) in [4.78, 5) is 19.4. The molecule has 1 aliphatic rings. The van der Waals surface area contributed by atoms with Crippen LogP contribution in [0.4, 0.5) is 0 Å². The lowest BCUT2D eigenvalue weighted by Crippen LogP contribution is -2.50. The second-order valence-corrected chi connectivity index (χ2v) is 7.58. The Morgan fingerprint density at radius 3 is 2.58 bits per heavy atom. The summed E-state index contributed by atoms with van der Waals surface area (Å²) in [5.41, 5.74) is 0. The average molecular weight is 493 g/mol. The van der Waals surface area contributed by atoms with Crippen LogP contribution in [0.3, 0.4) is 0 Å². The monoisotopic (exact) mass is 493 g/mol. The van der Waals surface area contributed by atoms with Gasteiger partial charge in [0.25, 0.3) is 5.91 Å². The second-order valence-electron chi connectivity index (χ2n) is 6.63. The molecule has 1 saturated heterocycles. The van der Waals surface area contributed by atoms with Gasteiger partial charge in [-0.1, -0.05) is 6.07 Å². The average Bonchev–Trinajstić information content (AvgIpc) is 3.15. The molecule has 0 aromatic carbocycles. The molecule has 0 radical (unpaired) electrons. The van der Waals surface area contributed by atoms with Gasteiger partial charge in [0.1, 0.15) is 0 Å². The van der Waals surface area contributed by atoms with Crippen LogP contribution in [-0.2, 0) is 0 Å². The van der Waals surface area contributed by atoms with Crippen LogP contribution in [0, 0.1) is 0 Å². The number of carbonyl (C=O) groups excluding carboxylic acids is 1. The Morgan fingerprint density at radius 2 is 2.00 bits per heavy atom. The first-order valence-corrected chi connectivity index (χ1v) is 10.0. The molecule has 2 rings (SSSR count). The van der Waals surface area contributed by atoms with Crippen molar-refractivity contribution >= 4 is 47.2 Å². The quantitative estimate of drug-likeness (QED) is 0.236. The van der Waals surface area contributed by atoms with Crippen LogP contribution in [-0.4, -0.2) is 62.1 Å². The van der Waals surface area contributed by atoms with Crippen LogP contribution in [0.15, 0.2) is 22.5 Å². The number of nitrogens with zero attached hydrogens (tertiary/aromatic N) is 2. The van der Waals surface area contributed by atoms with E-state index in [0.717, 1.165) is 49.7 Å². The number of hydrogen-bond donors (Lipinski definition) is 3. The lowest BCUT2D eigenvalue weighted by Gasteiger charge is -2.35. The van der Waals surface area contributed by atoms with Crippen molar-refractivity contribution in [2.24, 2.45) is 4.99 Å². The topological polar surface area (TPSA) is 68.8 Å². The molecule has 148 valence electrons. The van der Waals surface area contributed by atoms with Gasteiger partial charge in [0.15, 0.2) is 5.96 Å². The minimum atomic E-state index is 0. The number of aliphatic imine (C=N–C) groups is 1. The van der Waals surface area contributed by atoms with Crippen LogP contribution < -0.4 is 16.0 Å². The van der Waals surface area contributed by atoms with Crippen LogP contribution in [0.1, 0.15) is 42.8 Å². The Hall–Kier alpha value is -0.870. The molecule has 0 saturated carbocycles. The summed E-state index contributed by atoms with van der Waals surface area (Å²) in [6, 6.07) is 4.85. The van der Waals surface area contributed by atoms with E-state index >= 15 is 0 Å². The number of carbonyl (C=O) groups is 1. The number of rotatable bonds is 7. The molecule has 2 heterocycles. The van der Waals surface area contributed by atoms with E-state index in [1.165, 1.54) is 11.3 Å². The number of hydrogen-bond acceptors (Lipinski definition) is 4. The van der Waals surface area contributed by atoms with E-state index in [0.29, 0.717) is 18.6 Å². The third-order valence-corrected chi connectivity index (χ3v) is 5.37. The van der Waals surface area contributed by atoms with Gasteiger partial charge in [-0.15, -0.1) is 35.3 Å². The van der Waals surface area contributed by atoms with Gasteiger partial charge in [-0.05, 0) is 44.6 Å². The largest absolute Gasteiger partial charge is 0.356 e. The Labute approximate surface area is 178 Å². The lowest BCUT2D eigenvalue weighted by molar-refractivity contribution is 0.0957. The fraction of sp³-hybridized carbons (Fsp3) is 0.667. The molecular formula is C18H32IN5OS. The maximum Gasteiger partial charge on any atom is 0.261 e. The molecule has 8 heteroatoms. The third kappa shape index (κ3) is 7.79. The van der Waals surface area contributed by atoms with E-state index in [-0.39, 0.29) is 29.9 Å². The first kappa shape index (κ1) is 23.2. The first-order chi connectivity index (χ1) is 12.1. The van der Waals surface area contributed by atoms with Crippen LogP contribution in [0.5, 0.6) is 0 Å². The Balaban J connectivity index is 0.00000338. The Morgan fingerprint density at radius 1 is 1.31 bits per heavy atom. The van der Waals surface area contributed by atoms with E-state index in [1.807, 2.05) is 17.5 Å². The highest BCUT2D eigenvalue weighted by Gasteiger charge is 2.21. The van der Waals surface area contributed by atoms with Gasteiger partial charge in [-0.3, -0.25) is 9.79 Å². The molecule has 6 nitrogen and oxygen atoms in total. The number of likely N-dealkylation sites (tertiary alicyclic amines) is 1. The molecule has 1 aliphatic heterocycles. The maximum atomic E-state index is 11.8. The molecule has 0 spiro atoms. The summed E-state index contributed by atoms with van der Waals surface area (Å²) in [6.45, 7) is 8.24. The fourth-order valence-corrected chi connectivity index (χ4v) is 3.58. The minimum Gasteiger partial charge on any atom is -0.356 e. The first-order valence-electron chi connectivity index (χ1n) is 9.13. The minimum absolute atomic E-state index is 0.